The number of benzene rings is 1. The molecule has 0 bridgehead atoms. The molecule has 0 aliphatic rings. The number of rotatable bonds is 4. The van der Waals surface area contributed by atoms with Crippen molar-refractivity contribution in [3.63, 3.8) is 0 Å². The third-order valence-corrected chi connectivity index (χ3v) is 2.26. The summed E-state index contributed by atoms with van der Waals surface area (Å²) in [6, 6.07) is 9.16. The summed E-state index contributed by atoms with van der Waals surface area (Å²) in [6.07, 6.45) is -0.619. The lowest BCUT2D eigenvalue weighted by Crippen LogP contribution is -2.30. The molecule has 0 saturated heterocycles. The number of carbonyl (C=O) groups is 1. The van der Waals surface area contributed by atoms with Crippen LogP contribution in [0.15, 0.2) is 30.3 Å². The van der Waals surface area contributed by atoms with Crippen LogP contribution in [0.25, 0.3) is 0 Å². The highest BCUT2D eigenvalue weighted by molar-refractivity contribution is 5.92. The molecule has 0 radical (unpaired) electrons. The van der Waals surface area contributed by atoms with Gasteiger partial charge in [0.25, 0.3) is 5.91 Å². The Morgan fingerprint density at radius 1 is 1.39 bits per heavy atom. The SMILES string of the molecule is Cc1nc(NC(=O)C(C)Oc2ccccc2)n[nH]1. The molecule has 1 heterocycles. The van der Waals surface area contributed by atoms with Crippen LogP contribution in [0.4, 0.5) is 5.95 Å². The summed E-state index contributed by atoms with van der Waals surface area (Å²) in [4.78, 5) is 15.8. The van der Waals surface area contributed by atoms with Crippen molar-refractivity contribution in [3.8, 4) is 5.75 Å². The molecule has 0 aliphatic carbocycles. The van der Waals surface area contributed by atoms with Gasteiger partial charge in [-0.1, -0.05) is 18.2 Å². The molecule has 2 aromatic rings. The molecule has 1 aromatic heterocycles. The average molecular weight is 246 g/mol. The predicted molar refractivity (Wildman–Crippen MR) is 66.3 cm³/mol. The Morgan fingerprint density at radius 2 is 2.11 bits per heavy atom. The van der Waals surface area contributed by atoms with Gasteiger partial charge < -0.3 is 4.74 Å². The third-order valence-electron chi connectivity index (χ3n) is 2.26. The third kappa shape index (κ3) is 3.07. The van der Waals surface area contributed by atoms with Gasteiger partial charge in [0.05, 0.1) is 0 Å². The Labute approximate surface area is 104 Å². The van der Waals surface area contributed by atoms with Gasteiger partial charge in [0.1, 0.15) is 11.6 Å². The Kier molecular flexibility index (Phi) is 3.57. The number of para-hydroxylation sites is 1. The number of aromatic nitrogens is 3. The molecule has 0 saturated carbocycles. The lowest BCUT2D eigenvalue weighted by molar-refractivity contribution is -0.122. The normalized spacial score (nSPS) is 11.9. The standard InChI is InChI=1S/C12H14N4O2/c1-8(18-10-6-4-3-5-7-10)11(17)14-12-13-9(2)15-16-12/h3-8H,1-2H3,(H2,13,14,15,16,17). The Bertz CT molecular complexity index is 524. The minimum absolute atomic E-state index is 0.251. The molecule has 2 N–H and O–H groups in total. The van der Waals surface area contributed by atoms with Crippen LogP contribution in [-0.2, 0) is 4.79 Å². The number of hydrogen-bond donors (Lipinski definition) is 2. The van der Waals surface area contributed by atoms with E-state index in [-0.39, 0.29) is 11.9 Å². The Hall–Kier alpha value is -2.37. The zero-order valence-corrected chi connectivity index (χ0v) is 10.2. The van der Waals surface area contributed by atoms with Crippen molar-refractivity contribution in [2.45, 2.75) is 20.0 Å². The van der Waals surface area contributed by atoms with E-state index in [1.165, 1.54) is 0 Å². The number of anilines is 1. The number of H-pyrrole nitrogens is 1. The molecule has 1 amide bonds. The van der Waals surface area contributed by atoms with Gasteiger partial charge in [0.2, 0.25) is 5.95 Å². The van der Waals surface area contributed by atoms with Crippen molar-refractivity contribution in [1.29, 1.82) is 0 Å². The molecule has 94 valence electrons. The van der Waals surface area contributed by atoms with E-state index < -0.39 is 6.10 Å². The van der Waals surface area contributed by atoms with Gasteiger partial charge in [-0.3, -0.25) is 15.2 Å². The van der Waals surface area contributed by atoms with E-state index in [2.05, 4.69) is 20.5 Å². The quantitative estimate of drug-likeness (QED) is 0.857. The fourth-order valence-corrected chi connectivity index (χ4v) is 1.37. The Morgan fingerprint density at radius 3 is 2.72 bits per heavy atom. The average Bonchev–Trinajstić information content (AvgIpc) is 2.76. The summed E-state index contributed by atoms with van der Waals surface area (Å²) in [5, 5.41) is 9.03. The molecule has 0 fully saturated rings. The maximum Gasteiger partial charge on any atom is 0.267 e. The van der Waals surface area contributed by atoms with E-state index in [0.29, 0.717) is 11.6 Å². The predicted octanol–water partition coefficient (Wildman–Crippen LogP) is 1.52. The molecule has 1 unspecified atom stereocenters. The van der Waals surface area contributed by atoms with E-state index in [9.17, 15) is 4.79 Å². The molecule has 1 atom stereocenters. The second-order valence-corrected chi connectivity index (χ2v) is 3.81. The second-order valence-electron chi connectivity index (χ2n) is 3.81. The van der Waals surface area contributed by atoms with E-state index >= 15 is 0 Å². The number of nitrogens with one attached hydrogen (secondary N) is 2. The maximum atomic E-state index is 11.8. The molecular formula is C12H14N4O2. The van der Waals surface area contributed by atoms with Gasteiger partial charge in [-0.25, -0.2) is 0 Å². The van der Waals surface area contributed by atoms with Crippen molar-refractivity contribution >= 4 is 11.9 Å². The first-order valence-electron chi connectivity index (χ1n) is 5.57. The van der Waals surface area contributed by atoms with Crippen LogP contribution in [-0.4, -0.2) is 27.2 Å². The number of aryl methyl sites for hydroxylation is 1. The summed E-state index contributed by atoms with van der Waals surface area (Å²) in [5.41, 5.74) is 0. The monoisotopic (exact) mass is 246 g/mol. The van der Waals surface area contributed by atoms with Crippen molar-refractivity contribution in [3.05, 3.63) is 36.2 Å². The molecular weight excluding hydrogens is 232 g/mol. The van der Waals surface area contributed by atoms with Crippen LogP contribution in [0, 0.1) is 6.92 Å². The number of ether oxygens (including phenoxy) is 1. The molecule has 18 heavy (non-hydrogen) atoms. The van der Waals surface area contributed by atoms with Gasteiger partial charge >= 0.3 is 0 Å². The highest BCUT2D eigenvalue weighted by atomic mass is 16.5. The van der Waals surface area contributed by atoms with E-state index in [1.54, 1.807) is 26.0 Å². The highest BCUT2D eigenvalue weighted by Crippen LogP contribution is 2.11. The van der Waals surface area contributed by atoms with Gasteiger partial charge in [0, 0.05) is 0 Å². The van der Waals surface area contributed by atoms with Crippen LogP contribution in [0.5, 0.6) is 5.75 Å². The minimum Gasteiger partial charge on any atom is -0.481 e. The zero-order valence-electron chi connectivity index (χ0n) is 10.2. The first-order valence-corrected chi connectivity index (χ1v) is 5.57. The molecule has 6 heteroatoms. The highest BCUT2D eigenvalue weighted by Gasteiger charge is 2.16. The zero-order chi connectivity index (χ0) is 13.0. The van der Waals surface area contributed by atoms with Crippen LogP contribution in [0.1, 0.15) is 12.7 Å². The van der Waals surface area contributed by atoms with Gasteiger partial charge in [-0.05, 0) is 26.0 Å². The van der Waals surface area contributed by atoms with Crippen LogP contribution in [0.3, 0.4) is 0 Å². The van der Waals surface area contributed by atoms with Crippen LogP contribution in [0.2, 0.25) is 0 Å². The second kappa shape index (κ2) is 5.31. The first kappa shape index (κ1) is 12.1. The summed E-state index contributed by atoms with van der Waals surface area (Å²) >= 11 is 0. The van der Waals surface area contributed by atoms with Crippen molar-refractivity contribution < 1.29 is 9.53 Å². The number of hydrogen-bond acceptors (Lipinski definition) is 4. The van der Waals surface area contributed by atoms with Crippen molar-refractivity contribution in [2.24, 2.45) is 0 Å². The van der Waals surface area contributed by atoms with Gasteiger partial charge in [-0.2, -0.15) is 4.98 Å². The molecule has 1 aromatic carbocycles. The minimum atomic E-state index is -0.619. The van der Waals surface area contributed by atoms with Crippen molar-refractivity contribution in [2.75, 3.05) is 5.32 Å². The largest absolute Gasteiger partial charge is 0.481 e. The molecule has 6 nitrogen and oxygen atoms in total. The number of aromatic amines is 1. The fourth-order valence-electron chi connectivity index (χ4n) is 1.37. The molecule has 0 spiro atoms. The van der Waals surface area contributed by atoms with Crippen LogP contribution < -0.4 is 10.1 Å². The first-order chi connectivity index (χ1) is 8.65. The van der Waals surface area contributed by atoms with E-state index in [1.807, 2.05) is 18.2 Å². The van der Waals surface area contributed by atoms with Gasteiger partial charge in [-0.15, -0.1) is 5.10 Å². The summed E-state index contributed by atoms with van der Waals surface area (Å²) in [5.74, 6) is 1.24. The molecule has 0 aliphatic heterocycles. The summed E-state index contributed by atoms with van der Waals surface area (Å²) < 4.78 is 5.48. The lowest BCUT2D eigenvalue weighted by Gasteiger charge is -2.13. The van der Waals surface area contributed by atoms with E-state index in [0.717, 1.165) is 0 Å². The van der Waals surface area contributed by atoms with E-state index in [4.69, 9.17) is 4.74 Å². The number of amides is 1. The number of carbonyl (C=O) groups excluding carboxylic acids is 1. The molecule has 2 rings (SSSR count). The topological polar surface area (TPSA) is 79.9 Å². The smallest absolute Gasteiger partial charge is 0.267 e. The van der Waals surface area contributed by atoms with Crippen LogP contribution >= 0.6 is 0 Å². The summed E-state index contributed by atoms with van der Waals surface area (Å²) in [6.45, 7) is 3.42. The fraction of sp³-hybridized carbons (Fsp3) is 0.250. The summed E-state index contributed by atoms with van der Waals surface area (Å²) in [7, 11) is 0. The van der Waals surface area contributed by atoms with Crippen molar-refractivity contribution in [1.82, 2.24) is 15.2 Å². The Balaban J connectivity index is 1.93. The number of nitrogens with zero attached hydrogens (tertiary/aromatic N) is 2. The van der Waals surface area contributed by atoms with Gasteiger partial charge in [0.15, 0.2) is 6.10 Å². The lowest BCUT2D eigenvalue weighted by atomic mass is 10.3. The maximum absolute atomic E-state index is 11.8.